The summed E-state index contributed by atoms with van der Waals surface area (Å²) in [4.78, 5) is 26.8. The Morgan fingerprint density at radius 2 is 1.83 bits per heavy atom. The lowest BCUT2D eigenvalue weighted by Crippen LogP contribution is -2.40. The first kappa shape index (κ1) is 17.0. The van der Waals surface area contributed by atoms with Gasteiger partial charge in [0.15, 0.2) is 5.78 Å². The number of aromatic nitrogens is 2. The summed E-state index contributed by atoms with van der Waals surface area (Å²) in [6.45, 7) is 1.12. The molecule has 0 bridgehead atoms. The Balaban J connectivity index is 1.63. The average molecular weight is 366 g/mol. The van der Waals surface area contributed by atoms with Crippen molar-refractivity contribution in [3.63, 3.8) is 0 Å². The van der Waals surface area contributed by atoms with Crippen LogP contribution in [0.1, 0.15) is 33.6 Å². The lowest BCUT2D eigenvalue weighted by atomic mass is 9.88. The highest BCUT2D eigenvalue weighted by molar-refractivity contribution is 6.42. The SMILES string of the molecule is Cn1cc(C(=O)N2CCC(C(=O)c3ccc(Cl)c(Cl)c3)CC2)cn1. The number of hydrogen-bond acceptors (Lipinski definition) is 3. The van der Waals surface area contributed by atoms with Crippen LogP contribution in [0.2, 0.25) is 10.0 Å². The summed E-state index contributed by atoms with van der Waals surface area (Å²) in [5.74, 6) is -0.0780. The Morgan fingerprint density at radius 3 is 2.42 bits per heavy atom. The van der Waals surface area contributed by atoms with Gasteiger partial charge in [-0.3, -0.25) is 14.3 Å². The standard InChI is InChI=1S/C17H17Cl2N3O2/c1-21-10-13(9-20-21)17(24)22-6-4-11(5-7-22)16(23)12-2-3-14(18)15(19)8-12/h2-3,8-11H,4-7H2,1H3. The summed E-state index contributed by atoms with van der Waals surface area (Å²) in [5.41, 5.74) is 1.15. The van der Waals surface area contributed by atoms with Crippen LogP contribution in [0.25, 0.3) is 0 Å². The summed E-state index contributed by atoms with van der Waals surface area (Å²) < 4.78 is 1.60. The molecular formula is C17H17Cl2N3O2. The van der Waals surface area contributed by atoms with Crippen molar-refractivity contribution in [2.75, 3.05) is 13.1 Å². The van der Waals surface area contributed by atoms with Gasteiger partial charge in [-0.1, -0.05) is 23.2 Å². The fourth-order valence-electron chi connectivity index (χ4n) is 2.94. The number of hydrogen-bond donors (Lipinski definition) is 0. The molecule has 1 amide bonds. The van der Waals surface area contributed by atoms with Gasteiger partial charge in [0.05, 0.1) is 21.8 Å². The van der Waals surface area contributed by atoms with Crippen molar-refractivity contribution in [1.29, 1.82) is 0 Å². The monoisotopic (exact) mass is 365 g/mol. The maximum Gasteiger partial charge on any atom is 0.257 e. The highest BCUT2D eigenvalue weighted by Crippen LogP contribution is 2.27. The summed E-state index contributed by atoms with van der Waals surface area (Å²) in [7, 11) is 1.78. The number of piperidine rings is 1. The van der Waals surface area contributed by atoms with Gasteiger partial charge in [-0.2, -0.15) is 5.10 Å². The first-order chi connectivity index (χ1) is 11.5. The number of likely N-dealkylation sites (tertiary alicyclic amines) is 1. The zero-order valence-electron chi connectivity index (χ0n) is 13.2. The number of nitrogens with zero attached hydrogens (tertiary/aromatic N) is 3. The van der Waals surface area contributed by atoms with Crippen LogP contribution in [0, 0.1) is 5.92 Å². The van der Waals surface area contributed by atoms with Gasteiger partial charge in [0, 0.05) is 37.8 Å². The molecule has 0 N–H and O–H groups in total. The van der Waals surface area contributed by atoms with Crippen molar-refractivity contribution in [3.8, 4) is 0 Å². The van der Waals surface area contributed by atoms with Crippen LogP contribution in [0.3, 0.4) is 0 Å². The molecule has 2 heterocycles. The van der Waals surface area contributed by atoms with Crippen LogP contribution in [0.4, 0.5) is 0 Å². The quantitative estimate of drug-likeness (QED) is 0.782. The van der Waals surface area contributed by atoms with Crippen LogP contribution in [-0.4, -0.2) is 39.5 Å². The van der Waals surface area contributed by atoms with E-state index in [1.807, 2.05) is 0 Å². The number of Topliss-reactive ketones (excluding diaryl/α,β-unsaturated/α-hetero) is 1. The van der Waals surface area contributed by atoms with Crippen molar-refractivity contribution in [3.05, 3.63) is 51.8 Å². The van der Waals surface area contributed by atoms with Gasteiger partial charge in [-0.05, 0) is 31.0 Å². The second-order valence-electron chi connectivity index (χ2n) is 5.96. The Hall–Kier alpha value is -1.85. The molecule has 7 heteroatoms. The lowest BCUT2D eigenvalue weighted by Gasteiger charge is -2.31. The van der Waals surface area contributed by atoms with E-state index < -0.39 is 0 Å². The Kier molecular flexibility index (Phi) is 4.92. The van der Waals surface area contributed by atoms with E-state index in [4.69, 9.17) is 23.2 Å². The van der Waals surface area contributed by atoms with E-state index in [0.29, 0.717) is 47.1 Å². The largest absolute Gasteiger partial charge is 0.339 e. The zero-order valence-corrected chi connectivity index (χ0v) is 14.7. The minimum absolute atomic E-state index is 0.0384. The van der Waals surface area contributed by atoms with Gasteiger partial charge in [0.2, 0.25) is 0 Å². The fourth-order valence-corrected chi connectivity index (χ4v) is 3.24. The molecule has 1 saturated heterocycles. The predicted molar refractivity (Wildman–Crippen MR) is 92.6 cm³/mol. The van der Waals surface area contributed by atoms with Gasteiger partial charge >= 0.3 is 0 Å². The van der Waals surface area contributed by atoms with E-state index in [-0.39, 0.29) is 17.6 Å². The zero-order chi connectivity index (χ0) is 17.3. The molecule has 1 aliphatic heterocycles. The highest BCUT2D eigenvalue weighted by atomic mass is 35.5. The summed E-state index contributed by atoms with van der Waals surface area (Å²) in [6, 6.07) is 4.95. The molecule has 2 aromatic rings. The van der Waals surface area contributed by atoms with Crippen LogP contribution in [-0.2, 0) is 7.05 Å². The van der Waals surface area contributed by atoms with Crippen LogP contribution in [0.5, 0.6) is 0 Å². The van der Waals surface area contributed by atoms with E-state index in [1.54, 1.807) is 47.2 Å². The van der Waals surface area contributed by atoms with E-state index in [9.17, 15) is 9.59 Å². The molecule has 0 spiro atoms. The number of aryl methyl sites for hydroxylation is 1. The van der Waals surface area contributed by atoms with Crippen molar-refractivity contribution < 1.29 is 9.59 Å². The van der Waals surface area contributed by atoms with Crippen molar-refractivity contribution in [2.24, 2.45) is 13.0 Å². The van der Waals surface area contributed by atoms with E-state index in [2.05, 4.69) is 5.10 Å². The number of halogens is 2. The molecule has 0 saturated carbocycles. The van der Waals surface area contributed by atoms with Gasteiger partial charge < -0.3 is 4.90 Å². The number of amides is 1. The third kappa shape index (κ3) is 3.47. The maximum atomic E-state index is 12.6. The number of benzene rings is 1. The number of carbonyl (C=O) groups excluding carboxylic acids is 2. The van der Waals surface area contributed by atoms with Gasteiger partial charge in [-0.15, -0.1) is 0 Å². The molecule has 126 valence electrons. The maximum absolute atomic E-state index is 12.6. The Bertz CT molecular complexity index is 780. The Morgan fingerprint density at radius 1 is 1.12 bits per heavy atom. The summed E-state index contributed by atoms with van der Waals surface area (Å²) in [5, 5.41) is 4.84. The molecule has 1 aromatic carbocycles. The van der Waals surface area contributed by atoms with Crippen molar-refractivity contribution in [1.82, 2.24) is 14.7 Å². The van der Waals surface area contributed by atoms with Crippen LogP contribution < -0.4 is 0 Å². The van der Waals surface area contributed by atoms with Gasteiger partial charge in [0.25, 0.3) is 5.91 Å². The molecule has 0 radical (unpaired) electrons. The van der Waals surface area contributed by atoms with E-state index >= 15 is 0 Å². The van der Waals surface area contributed by atoms with Gasteiger partial charge in [-0.25, -0.2) is 0 Å². The third-order valence-electron chi connectivity index (χ3n) is 4.31. The first-order valence-electron chi connectivity index (χ1n) is 7.73. The molecular weight excluding hydrogens is 349 g/mol. The highest BCUT2D eigenvalue weighted by Gasteiger charge is 2.29. The summed E-state index contributed by atoms with van der Waals surface area (Å²) in [6.07, 6.45) is 4.56. The third-order valence-corrected chi connectivity index (χ3v) is 5.05. The minimum atomic E-state index is -0.0970. The van der Waals surface area contributed by atoms with Crippen LogP contribution in [0.15, 0.2) is 30.6 Å². The van der Waals surface area contributed by atoms with Crippen molar-refractivity contribution >= 4 is 34.9 Å². The topological polar surface area (TPSA) is 55.2 Å². The van der Waals surface area contributed by atoms with E-state index in [0.717, 1.165) is 0 Å². The fraction of sp³-hybridized carbons (Fsp3) is 0.353. The second-order valence-corrected chi connectivity index (χ2v) is 6.78. The smallest absolute Gasteiger partial charge is 0.257 e. The molecule has 0 unspecified atom stereocenters. The molecule has 3 rings (SSSR count). The molecule has 0 atom stereocenters. The van der Waals surface area contributed by atoms with Crippen LogP contribution >= 0.6 is 23.2 Å². The lowest BCUT2D eigenvalue weighted by molar-refractivity contribution is 0.0650. The van der Waals surface area contributed by atoms with Gasteiger partial charge in [0.1, 0.15) is 0 Å². The normalized spacial score (nSPS) is 15.5. The second kappa shape index (κ2) is 6.95. The average Bonchev–Trinajstić information content (AvgIpc) is 3.02. The Labute approximate surface area is 150 Å². The van der Waals surface area contributed by atoms with E-state index in [1.165, 1.54) is 0 Å². The molecule has 5 nitrogen and oxygen atoms in total. The number of carbonyl (C=O) groups is 2. The first-order valence-corrected chi connectivity index (χ1v) is 8.48. The predicted octanol–water partition coefficient (Wildman–Crippen LogP) is 3.46. The number of rotatable bonds is 3. The molecule has 0 aliphatic carbocycles. The molecule has 1 fully saturated rings. The molecule has 24 heavy (non-hydrogen) atoms. The summed E-state index contributed by atoms with van der Waals surface area (Å²) >= 11 is 11.9. The minimum Gasteiger partial charge on any atom is -0.339 e. The number of ketones is 1. The molecule has 1 aromatic heterocycles. The van der Waals surface area contributed by atoms with Crippen molar-refractivity contribution in [2.45, 2.75) is 12.8 Å². The molecule has 1 aliphatic rings.